The Hall–Kier alpha value is -6.44. The number of anilines is 2. The maximum atomic E-state index is 4.35. The molecule has 6 aromatic carbocycles. The summed E-state index contributed by atoms with van der Waals surface area (Å²) >= 11 is 0. The largest absolute Gasteiger partial charge is 0.310 e. The van der Waals surface area contributed by atoms with Gasteiger partial charge in [0.05, 0.1) is 0 Å². The Morgan fingerprint density at radius 3 is 1.87 bits per heavy atom. The average Bonchev–Trinajstić information content (AvgIpc) is 3.42. The molecule has 0 atom stereocenters. The summed E-state index contributed by atoms with van der Waals surface area (Å²) in [5.74, 6) is 0. The molecule has 270 valence electrons. The molecule has 1 nitrogen and oxygen atoms in total. The Bertz CT molecular complexity index is 2400. The molecule has 1 heteroatoms. The van der Waals surface area contributed by atoms with Crippen molar-refractivity contribution in [2.75, 3.05) is 4.90 Å². The van der Waals surface area contributed by atoms with E-state index < -0.39 is 0 Å². The number of nitrogens with zero attached hydrogens (tertiary/aromatic N) is 1. The van der Waals surface area contributed by atoms with Gasteiger partial charge >= 0.3 is 0 Å². The number of allylic oxidation sites excluding steroid dienone is 8. The summed E-state index contributed by atoms with van der Waals surface area (Å²) in [7, 11) is 0. The van der Waals surface area contributed by atoms with E-state index in [4.69, 9.17) is 0 Å². The molecule has 0 fully saturated rings. The number of rotatable bonds is 12. The summed E-state index contributed by atoms with van der Waals surface area (Å²) in [6, 6.07) is 56.2. The predicted octanol–water partition coefficient (Wildman–Crippen LogP) is 14.6. The Morgan fingerprint density at radius 2 is 1.27 bits per heavy atom. The van der Waals surface area contributed by atoms with Gasteiger partial charge in [-0.25, -0.2) is 0 Å². The molecule has 7 rings (SSSR count). The van der Waals surface area contributed by atoms with Crippen LogP contribution in [0.3, 0.4) is 0 Å². The lowest BCUT2D eigenvalue weighted by atomic mass is 9.77. The molecule has 0 heterocycles. The zero-order chi connectivity index (χ0) is 38.4. The Kier molecular flexibility index (Phi) is 10.9. The van der Waals surface area contributed by atoms with E-state index in [-0.39, 0.29) is 5.41 Å². The normalized spacial score (nSPS) is 14.1. The van der Waals surface area contributed by atoms with Crippen LogP contribution in [0.25, 0.3) is 28.3 Å². The van der Waals surface area contributed by atoms with Crippen molar-refractivity contribution in [1.29, 1.82) is 0 Å². The van der Waals surface area contributed by atoms with Gasteiger partial charge in [-0.2, -0.15) is 0 Å². The van der Waals surface area contributed by atoms with Gasteiger partial charge in [0.2, 0.25) is 0 Å². The van der Waals surface area contributed by atoms with Crippen LogP contribution in [0.1, 0.15) is 61.1 Å². The van der Waals surface area contributed by atoms with Crippen LogP contribution in [0.15, 0.2) is 212 Å². The van der Waals surface area contributed by atoms with Crippen molar-refractivity contribution < 1.29 is 0 Å². The Balaban J connectivity index is 1.26. The quantitative estimate of drug-likeness (QED) is 0.114. The molecule has 0 radical (unpaired) electrons. The molecular formula is C54H49N. The Labute approximate surface area is 328 Å². The monoisotopic (exact) mass is 711 g/mol. The van der Waals surface area contributed by atoms with Crippen molar-refractivity contribution in [3.63, 3.8) is 0 Å². The number of hydrogen-bond acceptors (Lipinski definition) is 1. The molecule has 0 unspecified atom stereocenters. The number of para-hydroxylation sites is 2. The molecule has 55 heavy (non-hydrogen) atoms. The van der Waals surface area contributed by atoms with Crippen LogP contribution in [-0.2, 0) is 11.8 Å². The van der Waals surface area contributed by atoms with Gasteiger partial charge in [0.1, 0.15) is 0 Å². The summed E-state index contributed by atoms with van der Waals surface area (Å²) < 4.78 is 0. The molecule has 1 aliphatic carbocycles. The topological polar surface area (TPSA) is 3.24 Å². The Morgan fingerprint density at radius 1 is 0.673 bits per heavy atom. The molecule has 0 spiro atoms. The van der Waals surface area contributed by atoms with Crippen LogP contribution < -0.4 is 4.90 Å². The molecule has 0 bridgehead atoms. The van der Waals surface area contributed by atoms with E-state index in [1.807, 2.05) is 12.2 Å². The second-order valence-corrected chi connectivity index (χ2v) is 14.7. The molecule has 0 aromatic heterocycles. The van der Waals surface area contributed by atoms with Crippen LogP contribution in [0.4, 0.5) is 11.4 Å². The van der Waals surface area contributed by atoms with Crippen LogP contribution in [0.5, 0.6) is 0 Å². The highest BCUT2D eigenvalue weighted by atomic mass is 15.1. The molecule has 6 aromatic rings. The fraction of sp³-hybridized carbons (Fsp3) is 0.111. The van der Waals surface area contributed by atoms with E-state index in [1.54, 1.807) is 0 Å². The fourth-order valence-corrected chi connectivity index (χ4v) is 8.40. The highest BCUT2D eigenvalue weighted by Crippen LogP contribution is 2.50. The van der Waals surface area contributed by atoms with Gasteiger partial charge in [-0.05, 0) is 117 Å². The van der Waals surface area contributed by atoms with Crippen molar-refractivity contribution in [3.05, 3.63) is 245 Å². The number of hydrogen-bond donors (Lipinski definition) is 0. The molecule has 1 aliphatic rings. The van der Waals surface area contributed by atoms with Crippen molar-refractivity contribution in [1.82, 2.24) is 0 Å². The summed E-state index contributed by atoms with van der Waals surface area (Å²) in [6.45, 7) is 17.7. The lowest BCUT2D eigenvalue weighted by molar-refractivity contribution is 0.644. The van der Waals surface area contributed by atoms with E-state index in [9.17, 15) is 0 Å². The minimum Gasteiger partial charge on any atom is -0.310 e. The van der Waals surface area contributed by atoms with E-state index in [2.05, 4.69) is 222 Å². The van der Waals surface area contributed by atoms with E-state index in [1.165, 1.54) is 61.2 Å². The van der Waals surface area contributed by atoms with Gasteiger partial charge in [0.15, 0.2) is 0 Å². The van der Waals surface area contributed by atoms with Gasteiger partial charge in [-0.1, -0.05) is 185 Å². The molecule has 0 saturated heterocycles. The van der Waals surface area contributed by atoms with Crippen molar-refractivity contribution in [2.45, 2.75) is 39.5 Å². The average molecular weight is 712 g/mol. The standard InChI is InChI=1S/C54H49N/c1-7-22-43(48-31-21-32-49(44-25-15-10-16-26-44)50(48)37-41-23-13-9-14-24-41)35-33-42-34-36-47-39(3)53(54(5,6)51(47)38-42)40(4)52(8-2)55(45-27-17-11-18-28-45)46-29-19-12-20-30-46/h7-36,38H,1-2,37H2,3-6H3/b35-33+,43-22-,52-40+. The smallest absolute Gasteiger partial charge is 0.0488 e. The lowest BCUT2D eigenvalue weighted by Crippen LogP contribution is -2.22. The van der Waals surface area contributed by atoms with Crippen molar-refractivity contribution in [2.24, 2.45) is 0 Å². The van der Waals surface area contributed by atoms with Crippen molar-refractivity contribution >= 4 is 28.6 Å². The van der Waals surface area contributed by atoms with Gasteiger partial charge in [-0.15, -0.1) is 0 Å². The SMILES string of the molecule is C=C/C=C(/C=C/c1ccc2c(c1)C(C)(C)C(/C(C)=C(\C=C)N(c1ccccc1)c1ccccc1)=C2C)c1cccc(-c2ccccc2)c1Cc1ccccc1. The molecule has 0 N–H and O–H groups in total. The third kappa shape index (κ3) is 7.52. The van der Waals surface area contributed by atoms with Crippen LogP contribution >= 0.6 is 0 Å². The molecule has 0 amide bonds. The highest BCUT2D eigenvalue weighted by Gasteiger charge is 2.38. The highest BCUT2D eigenvalue weighted by molar-refractivity contribution is 5.88. The van der Waals surface area contributed by atoms with Crippen LogP contribution in [0, 0.1) is 0 Å². The number of benzene rings is 6. The summed E-state index contributed by atoms with van der Waals surface area (Å²) in [6.07, 6.45) is 11.4. The summed E-state index contributed by atoms with van der Waals surface area (Å²) in [5.41, 5.74) is 18.1. The molecule has 0 aliphatic heterocycles. The maximum Gasteiger partial charge on any atom is 0.0488 e. The third-order valence-electron chi connectivity index (χ3n) is 10.9. The summed E-state index contributed by atoms with van der Waals surface area (Å²) in [4.78, 5) is 2.32. The number of fused-ring (bicyclic) bond motifs is 1. The predicted molar refractivity (Wildman–Crippen MR) is 238 cm³/mol. The van der Waals surface area contributed by atoms with E-state index in [0.717, 1.165) is 29.1 Å². The van der Waals surface area contributed by atoms with Crippen molar-refractivity contribution in [3.8, 4) is 11.1 Å². The van der Waals surface area contributed by atoms with Gasteiger partial charge < -0.3 is 4.90 Å². The minimum atomic E-state index is -0.229. The third-order valence-corrected chi connectivity index (χ3v) is 10.9. The summed E-state index contributed by atoms with van der Waals surface area (Å²) in [5, 5.41) is 0. The van der Waals surface area contributed by atoms with E-state index >= 15 is 0 Å². The zero-order valence-electron chi connectivity index (χ0n) is 32.5. The lowest BCUT2D eigenvalue weighted by Gasteiger charge is -2.32. The first-order chi connectivity index (χ1) is 26.8. The minimum absolute atomic E-state index is 0.229. The molecular weight excluding hydrogens is 663 g/mol. The molecule has 0 saturated carbocycles. The van der Waals surface area contributed by atoms with Gasteiger partial charge in [-0.3, -0.25) is 0 Å². The first kappa shape index (κ1) is 36.9. The zero-order valence-corrected chi connectivity index (χ0v) is 32.5. The van der Waals surface area contributed by atoms with Crippen LogP contribution in [0.2, 0.25) is 0 Å². The van der Waals surface area contributed by atoms with Gasteiger partial charge in [0, 0.05) is 22.5 Å². The van der Waals surface area contributed by atoms with Gasteiger partial charge in [0.25, 0.3) is 0 Å². The van der Waals surface area contributed by atoms with Crippen LogP contribution in [-0.4, -0.2) is 0 Å². The second kappa shape index (κ2) is 16.3. The fourth-order valence-electron chi connectivity index (χ4n) is 8.40. The first-order valence-electron chi connectivity index (χ1n) is 19.1. The maximum absolute atomic E-state index is 4.35. The first-order valence-corrected chi connectivity index (χ1v) is 19.1. The van der Waals surface area contributed by atoms with E-state index in [0.29, 0.717) is 0 Å². The second-order valence-electron chi connectivity index (χ2n) is 14.7.